The third-order valence-corrected chi connectivity index (χ3v) is 3.46. The van der Waals surface area contributed by atoms with E-state index in [4.69, 9.17) is 22.7 Å². The van der Waals surface area contributed by atoms with Gasteiger partial charge in [-0.05, 0) is 19.1 Å². The molecule has 0 spiro atoms. The van der Waals surface area contributed by atoms with Crippen LogP contribution in [0.4, 0.5) is 5.82 Å². The molecule has 2 rings (SSSR count). The fourth-order valence-corrected chi connectivity index (χ4v) is 2.45. The van der Waals surface area contributed by atoms with Gasteiger partial charge in [0.1, 0.15) is 5.82 Å². The van der Waals surface area contributed by atoms with Crippen molar-refractivity contribution in [3.8, 4) is 0 Å². The van der Waals surface area contributed by atoms with Gasteiger partial charge in [0, 0.05) is 38.9 Å². The lowest BCUT2D eigenvalue weighted by Crippen LogP contribution is -2.48. The molecule has 0 aliphatic carbocycles. The normalized spacial score (nSPS) is 15.8. The zero-order valence-electron chi connectivity index (χ0n) is 12.1. The molecule has 0 amide bonds. The molecular weight excluding hydrogens is 288 g/mol. The second-order valence-corrected chi connectivity index (χ2v) is 5.38. The van der Waals surface area contributed by atoms with E-state index in [0.29, 0.717) is 23.7 Å². The monoisotopic (exact) mass is 308 g/mol. The molecule has 0 aromatic carbocycles. The van der Waals surface area contributed by atoms with Crippen LogP contribution in [0.3, 0.4) is 0 Å². The van der Waals surface area contributed by atoms with Crippen molar-refractivity contribution in [3.05, 3.63) is 23.9 Å². The molecule has 1 aromatic rings. The Morgan fingerprint density at radius 2 is 2.10 bits per heavy atom. The van der Waals surface area contributed by atoms with Crippen molar-refractivity contribution in [3.63, 3.8) is 0 Å². The van der Waals surface area contributed by atoms with Crippen LogP contribution in [-0.2, 0) is 4.74 Å². The first-order chi connectivity index (χ1) is 10.1. The maximum Gasteiger partial charge on any atom is 0.339 e. The zero-order valence-corrected chi connectivity index (χ0v) is 12.9. The largest absolute Gasteiger partial charge is 0.462 e. The quantitative estimate of drug-likeness (QED) is 0.633. The molecule has 1 aliphatic rings. The number of piperazine rings is 1. The number of hydrogen-bond donors (Lipinski definition) is 1. The average Bonchev–Trinajstić information content (AvgIpc) is 2.48. The third kappa shape index (κ3) is 4.37. The molecule has 0 saturated carbocycles. The van der Waals surface area contributed by atoms with Crippen molar-refractivity contribution in [2.45, 2.75) is 6.92 Å². The number of anilines is 1. The van der Waals surface area contributed by atoms with Gasteiger partial charge in [-0.3, -0.25) is 4.90 Å². The number of nitrogens with two attached hydrogens (primary N) is 1. The Hall–Kier alpha value is -1.73. The SMILES string of the molecule is CCOC(=O)c1ccc(N2CCN(CC(N)=S)CC2)nc1. The lowest BCUT2D eigenvalue weighted by Gasteiger charge is -2.35. The second-order valence-electron chi connectivity index (χ2n) is 4.86. The first-order valence-corrected chi connectivity index (χ1v) is 7.39. The predicted octanol–water partition coefficient (Wildman–Crippen LogP) is 0.666. The molecule has 1 aliphatic heterocycles. The van der Waals surface area contributed by atoms with Crippen LogP contribution < -0.4 is 10.6 Å². The van der Waals surface area contributed by atoms with Gasteiger partial charge in [-0.1, -0.05) is 12.2 Å². The van der Waals surface area contributed by atoms with Crippen LogP contribution in [0, 0.1) is 0 Å². The maximum absolute atomic E-state index is 11.6. The summed E-state index contributed by atoms with van der Waals surface area (Å²) in [6.45, 7) is 6.36. The summed E-state index contributed by atoms with van der Waals surface area (Å²) in [6.07, 6.45) is 1.56. The Morgan fingerprint density at radius 3 is 2.62 bits per heavy atom. The van der Waals surface area contributed by atoms with Crippen LogP contribution in [0.15, 0.2) is 18.3 Å². The van der Waals surface area contributed by atoms with Gasteiger partial charge < -0.3 is 15.4 Å². The highest BCUT2D eigenvalue weighted by molar-refractivity contribution is 7.80. The van der Waals surface area contributed by atoms with Crippen LogP contribution in [0.25, 0.3) is 0 Å². The number of carbonyl (C=O) groups excluding carboxylic acids is 1. The van der Waals surface area contributed by atoms with Gasteiger partial charge >= 0.3 is 5.97 Å². The van der Waals surface area contributed by atoms with E-state index in [1.54, 1.807) is 19.2 Å². The van der Waals surface area contributed by atoms with E-state index in [1.807, 2.05) is 6.07 Å². The van der Waals surface area contributed by atoms with Crippen molar-refractivity contribution in [1.29, 1.82) is 0 Å². The number of nitrogens with zero attached hydrogens (tertiary/aromatic N) is 3. The Morgan fingerprint density at radius 1 is 1.38 bits per heavy atom. The van der Waals surface area contributed by atoms with E-state index in [2.05, 4.69) is 14.8 Å². The summed E-state index contributed by atoms with van der Waals surface area (Å²) < 4.78 is 4.94. The molecule has 1 fully saturated rings. The first-order valence-electron chi connectivity index (χ1n) is 6.99. The number of pyridine rings is 1. The Bertz CT molecular complexity index is 498. The van der Waals surface area contributed by atoms with Gasteiger partial charge in [0.25, 0.3) is 0 Å². The second kappa shape index (κ2) is 7.33. The Labute approximate surface area is 129 Å². The van der Waals surface area contributed by atoms with Crippen LogP contribution in [-0.4, -0.2) is 60.2 Å². The standard InChI is InChI=1S/C14H20N4O2S/c1-2-20-14(19)11-3-4-13(16-9-11)18-7-5-17(6-8-18)10-12(15)21/h3-4,9H,2,5-8,10H2,1H3,(H2,15,21). The Kier molecular flexibility index (Phi) is 5.46. The Balaban J connectivity index is 1.92. The van der Waals surface area contributed by atoms with Crippen molar-refractivity contribution < 1.29 is 9.53 Å². The summed E-state index contributed by atoms with van der Waals surface area (Å²) in [5.41, 5.74) is 6.04. The van der Waals surface area contributed by atoms with E-state index in [-0.39, 0.29) is 5.97 Å². The minimum atomic E-state index is -0.335. The molecular formula is C14H20N4O2S. The van der Waals surface area contributed by atoms with Gasteiger partial charge in [0.05, 0.1) is 17.2 Å². The minimum Gasteiger partial charge on any atom is -0.462 e. The molecule has 0 atom stereocenters. The minimum absolute atomic E-state index is 0.335. The summed E-state index contributed by atoms with van der Waals surface area (Å²) in [6, 6.07) is 3.61. The van der Waals surface area contributed by atoms with E-state index < -0.39 is 0 Å². The van der Waals surface area contributed by atoms with Crippen LogP contribution in [0.5, 0.6) is 0 Å². The third-order valence-electron chi connectivity index (χ3n) is 3.33. The zero-order chi connectivity index (χ0) is 15.2. The molecule has 0 bridgehead atoms. The van der Waals surface area contributed by atoms with Crippen LogP contribution >= 0.6 is 12.2 Å². The smallest absolute Gasteiger partial charge is 0.339 e. The fourth-order valence-electron chi connectivity index (χ4n) is 2.26. The molecule has 7 heteroatoms. The number of esters is 1. The van der Waals surface area contributed by atoms with Gasteiger partial charge in [-0.25, -0.2) is 9.78 Å². The lowest BCUT2D eigenvalue weighted by molar-refractivity contribution is 0.0526. The number of thiocarbonyl (C=S) groups is 1. The van der Waals surface area contributed by atoms with Gasteiger partial charge in [-0.2, -0.15) is 0 Å². The number of aromatic nitrogens is 1. The molecule has 0 radical (unpaired) electrons. The molecule has 2 heterocycles. The van der Waals surface area contributed by atoms with E-state index in [9.17, 15) is 4.79 Å². The highest BCUT2D eigenvalue weighted by atomic mass is 32.1. The number of ether oxygens (including phenoxy) is 1. The number of rotatable bonds is 5. The number of carbonyl (C=O) groups is 1. The highest BCUT2D eigenvalue weighted by Crippen LogP contribution is 2.14. The highest BCUT2D eigenvalue weighted by Gasteiger charge is 2.18. The fraction of sp³-hybridized carbons (Fsp3) is 0.500. The summed E-state index contributed by atoms with van der Waals surface area (Å²) in [5.74, 6) is 0.538. The summed E-state index contributed by atoms with van der Waals surface area (Å²) in [5, 5.41) is 0. The molecule has 114 valence electrons. The van der Waals surface area contributed by atoms with E-state index >= 15 is 0 Å². The molecule has 1 aromatic heterocycles. The molecule has 0 unspecified atom stereocenters. The topological polar surface area (TPSA) is 71.7 Å². The predicted molar refractivity (Wildman–Crippen MR) is 85.6 cm³/mol. The molecule has 1 saturated heterocycles. The summed E-state index contributed by atoms with van der Waals surface area (Å²) in [4.78, 5) is 20.9. The first kappa shape index (κ1) is 15.7. The van der Waals surface area contributed by atoms with Crippen molar-refractivity contribution in [2.75, 3.05) is 44.2 Å². The summed E-state index contributed by atoms with van der Waals surface area (Å²) >= 11 is 4.93. The lowest BCUT2D eigenvalue weighted by atomic mass is 10.2. The van der Waals surface area contributed by atoms with Gasteiger partial charge in [0.2, 0.25) is 0 Å². The average molecular weight is 308 g/mol. The van der Waals surface area contributed by atoms with Crippen LogP contribution in [0.1, 0.15) is 17.3 Å². The molecule has 6 nitrogen and oxygen atoms in total. The van der Waals surface area contributed by atoms with E-state index in [1.165, 1.54) is 0 Å². The van der Waals surface area contributed by atoms with Crippen molar-refractivity contribution in [1.82, 2.24) is 9.88 Å². The maximum atomic E-state index is 11.6. The van der Waals surface area contributed by atoms with Gasteiger partial charge in [0.15, 0.2) is 0 Å². The molecule has 21 heavy (non-hydrogen) atoms. The molecule has 2 N–H and O–H groups in total. The number of hydrogen-bond acceptors (Lipinski definition) is 6. The van der Waals surface area contributed by atoms with Crippen molar-refractivity contribution in [2.24, 2.45) is 5.73 Å². The van der Waals surface area contributed by atoms with Crippen LogP contribution in [0.2, 0.25) is 0 Å². The van der Waals surface area contributed by atoms with E-state index in [0.717, 1.165) is 32.0 Å². The summed E-state index contributed by atoms with van der Waals surface area (Å²) in [7, 11) is 0. The van der Waals surface area contributed by atoms with Crippen molar-refractivity contribution >= 4 is 29.0 Å². The van der Waals surface area contributed by atoms with Gasteiger partial charge in [-0.15, -0.1) is 0 Å².